The monoisotopic (exact) mass is 151 g/mol. The Kier molecular flexibility index (Phi) is 2.98. The van der Waals surface area contributed by atoms with Crippen LogP contribution in [0.15, 0.2) is 18.6 Å². The fourth-order valence-corrected chi connectivity index (χ4v) is 0.961. The van der Waals surface area contributed by atoms with Gasteiger partial charge in [-0.3, -0.25) is 9.97 Å². The van der Waals surface area contributed by atoms with Crippen LogP contribution in [-0.2, 0) is 0 Å². The highest BCUT2D eigenvalue weighted by molar-refractivity contribution is 5.00. The minimum atomic E-state index is 0.0497. The fraction of sp³-hybridized carbons (Fsp3) is 0.500. The first-order chi connectivity index (χ1) is 5.34. The Labute approximate surface area is 66.7 Å². The van der Waals surface area contributed by atoms with E-state index in [0.717, 1.165) is 18.5 Å². The third kappa shape index (κ3) is 2.27. The summed E-state index contributed by atoms with van der Waals surface area (Å²) in [6.45, 7) is 2.11. The van der Waals surface area contributed by atoms with Crippen LogP contribution >= 0.6 is 0 Å². The van der Waals surface area contributed by atoms with E-state index < -0.39 is 0 Å². The van der Waals surface area contributed by atoms with E-state index in [1.54, 1.807) is 18.6 Å². The zero-order chi connectivity index (χ0) is 8.10. The first kappa shape index (κ1) is 8.14. The molecule has 0 spiro atoms. The van der Waals surface area contributed by atoms with Gasteiger partial charge in [0.2, 0.25) is 0 Å². The molecule has 2 N–H and O–H groups in total. The summed E-state index contributed by atoms with van der Waals surface area (Å²) in [6, 6.07) is 0.0497. The van der Waals surface area contributed by atoms with Gasteiger partial charge < -0.3 is 5.73 Å². The van der Waals surface area contributed by atoms with Gasteiger partial charge in [-0.15, -0.1) is 0 Å². The molecular weight excluding hydrogens is 138 g/mol. The van der Waals surface area contributed by atoms with Crippen LogP contribution in [0.3, 0.4) is 0 Å². The third-order valence-electron chi connectivity index (χ3n) is 1.56. The minimum absolute atomic E-state index is 0.0497. The Hall–Kier alpha value is -0.960. The van der Waals surface area contributed by atoms with E-state index in [2.05, 4.69) is 16.9 Å². The van der Waals surface area contributed by atoms with Gasteiger partial charge in [0, 0.05) is 24.6 Å². The van der Waals surface area contributed by atoms with Crippen LogP contribution < -0.4 is 5.73 Å². The second-order valence-corrected chi connectivity index (χ2v) is 2.53. The predicted octanol–water partition coefficient (Wildman–Crippen LogP) is 1.28. The topological polar surface area (TPSA) is 51.8 Å². The predicted molar refractivity (Wildman–Crippen MR) is 43.9 cm³/mol. The van der Waals surface area contributed by atoms with Gasteiger partial charge in [0.1, 0.15) is 0 Å². The lowest BCUT2D eigenvalue weighted by molar-refractivity contribution is 0.618. The summed E-state index contributed by atoms with van der Waals surface area (Å²) in [6.07, 6.45) is 7.10. The van der Waals surface area contributed by atoms with Gasteiger partial charge in [0.25, 0.3) is 0 Å². The lowest BCUT2D eigenvalue weighted by atomic mass is 10.1. The summed E-state index contributed by atoms with van der Waals surface area (Å²) in [5.41, 5.74) is 6.69. The molecule has 0 radical (unpaired) electrons. The van der Waals surface area contributed by atoms with Crippen molar-refractivity contribution in [3.63, 3.8) is 0 Å². The van der Waals surface area contributed by atoms with Crippen molar-refractivity contribution in [2.45, 2.75) is 25.8 Å². The molecule has 0 amide bonds. The second-order valence-electron chi connectivity index (χ2n) is 2.53. The summed E-state index contributed by atoms with van der Waals surface area (Å²) < 4.78 is 0. The molecule has 0 aliphatic carbocycles. The van der Waals surface area contributed by atoms with Crippen molar-refractivity contribution in [3.8, 4) is 0 Å². The molecule has 0 saturated carbocycles. The Morgan fingerprint density at radius 2 is 2.36 bits per heavy atom. The molecule has 1 aromatic heterocycles. The van der Waals surface area contributed by atoms with Crippen LogP contribution in [0.1, 0.15) is 31.5 Å². The van der Waals surface area contributed by atoms with Gasteiger partial charge in [0.15, 0.2) is 0 Å². The standard InChI is InChI=1S/C8H13N3/c1-2-3-7(9)8-6-10-4-5-11-8/h4-7H,2-3,9H2,1H3. The zero-order valence-electron chi connectivity index (χ0n) is 6.70. The molecule has 0 saturated heterocycles. The summed E-state index contributed by atoms with van der Waals surface area (Å²) in [4.78, 5) is 8.06. The average molecular weight is 151 g/mol. The number of hydrogen-bond donors (Lipinski definition) is 1. The molecule has 1 unspecified atom stereocenters. The fourth-order valence-electron chi connectivity index (χ4n) is 0.961. The van der Waals surface area contributed by atoms with E-state index in [9.17, 15) is 0 Å². The SMILES string of the molecule is CCCC(N)c1cnccn1. The second kappa shape index (κ2) is 4.03. The molecule has 0 aliphatic heterocycles. The summed E-state index contributed by atoms with van der Waals surface area (Å²) in [5, 5.41) is 0. The van der Waals surface area contributed by atoms with Gasteiger partial charge in [0.05, 0.1) is 5.69 Å². The molecule has 0 fully saturated rings. The van der Waals surface area contributed by atoms with Crippen LogP contribution in [0.25, 0.3) is 0 Å². The van der Waals surface area contributed by atoms with Gasteiger partial charge in [-0.05, 0) is 6.42 Å². The molecule has 1 atom stereocenters. The Bertz CT molecular complexity index is 198. The molecule has 3 nitrogen and oxygen atoms in total. The van der Waals surface area contributed by atoms with Crippen molar-refractivity contribution >= 4 is 0 Å². The zero-order valence-corrected chi connectivity index (χ0v) is 6.70. The van der Waals surface area contributed by atoms with Gasteiger partial charge in [-0.25, -0.2) is 0 Å². The van der Waals surface area contributed by atoms with E-state index >= 15 is 0 Å². The van der Waals surface area contributed by atoms with Gasteiger partial charge >= 0.3 is 0 Å². The van der Waals surface area contributed by atoms with Crippen LogP contribution in [-0.4, -0.2) is 9.97 Å². The lowest BCUT2D eigenvalue weighted by Crippen LogP contribution is -2.11. The van der Waals surface area contributed by atoms with Crippen molar-refractivity contribution in [1.82, 2.24) is 9.97 Å². The number of nitrogens with zero attached hydrogens (tertiary/aromatic N) is 2. The molecule has 0 aromatic carbocycles. The Morgan fingerprint density at radius 1 is 1.55 bits per heavy atom. The van der Waals surface area contributed by atoms with Crippen molar-refractivity contribution in [2.24, 2.45) is 5.73 Å². The van der Waals surface area contributed by atoms with E-state index in [1.807, 2.05) is 0 Å². The highest BCUT2D eigenvalue weighted by Gasteiger charge is 2.04. The number of aromatic nitrogens is 2. The maximum atomic E-state index is 5.80. The van der Waals surface area contributed by atoms with Crippen LogP contribution in [0, 0.1) is 0 Å². The van der Waals surface area contributed by atoms with Crippen molar-refractivity contribution in [1.29, 1.82) is 0 Å². The summed E-state index contributed by atoms with van der Waals surface area (Å²) >= 11 is 0. The quantitative estimate of drug-likeness (QED) is 0.707. The molecule has 0 bridgehead atoms. The first-order valence-corrected chi connectivity index (χ1v) is 3.86. The highest BCUT2D eigenvalue weighted by Crippen LogP contribution is 2.10. The normalized spacial score (nSPS) is 12.9. The summed E-state index contributed by atoms with van der Waals surface area (Å²) in [7, 11) is 0. The number of hydrogen-bond acceptors (Lipinski definition) is 3. The molecule has 3 heteroatoms. The summed E-state index contributed by atoms with van der Waals surface area (Å²) in [5.74, 6) is 0. The molecule has 1 rings (SSSR count). The molecule has 1 aromatic rings. The highest BCUT2D eigenvalue weighted by atomic mass is 14.8. The maximum Gasteiger partial charge on any atom is 0.0753 e. The molecule has 60 valence electrons. The average Bonchev–Trinajstić information content (AvgIpc) is 2.07. The maximum absolute atomic E-state index is 5.80. The van der Waals surface area contributed by atoms with E-state index in [0.29, 0.717) is 0 Å². The molecular formula is C8H13N3. The molecule has 1 heterocycles. The van der Waals surface area contributed by atoms with E-state index in [-0.39, 0.29) is 6.04 Å². The van der Waals surface area contributed by atoms with Crippen LogP contribution in [0.2, 0.25) is 0 Å². The van der Waals surface area contributed by atoms with Crippen molar-refractivity contribution < 1.29 is 0 Å². The number of nitrogens with two attached hydrogens (primary N) is 1. The smallest absolute Gasteiger partial charge is 0.0753 e. The molecule has 0 aliphatic rings. The Balaban J connectivity index is 2.61. The lowest BCUT2D eigenvalue weighted by Gasteiger charge is -2.07. The van der Waals surface area contributed by atoms with E-state index in [4.69, 9.17) is 5.73 Å². The first-order valence-electron chi connectivity index (χ1n) is 3.86. The van der Waals surface area contributed by atoms with Crippen molar-refractivity contribution in [3.05, 3.63) is 24.3 Å². The largest absolute Gasteiger partial charge is 0.323 e. The molecule has 11 heavy (non-hydrogen) atoms. The van der Waals surface area contributed by atoms with E-state index in [1.165, 1.54) is 0 Å². The van der Waals surface area contributed by atoms with Crippen LogP contribution in [0.5, 0.6) is 0 Å². The van der Waals surface area contributed by atoms with Gasteiger partial charge in [-0.1, -0.05) is 13.3 Å². The van der Waals surface area contributed by atoms with Gasteiger partial charge in [-0.2, -0.15) is 0 Å². The van der Waals surface area contributed by atoms with Crippen LogP contribution in [0.4, 0.5) is 0 Å². The number of rotatable bonds is 3. The van der Waals surface area contributed by atoms with Crippen molar-refractivity contribution in [2.75, 3.05) is 0 Å². The Morgan fingerprint density at radius 3 is 2.91 bits per heavy atom. The third-order valence-corrected chi connectivity index (χ3v) is 1.56. The minimum Gasteiger partial charge on any atom is -0.323 e.